The van der Waals surface area contributed by atoms with Crippen LogP contribution in [-0.2, 0) is 17.9 Å². The van der Waals surface area contributed by atoms with E-state index in [9.17, 15) is 10.1 Å². The Morgan fingerprint density at radius 1 is 1.10 bits per heavy atom. The molecule has 1 N–H and O–H groups in total. The van der Waals surface area contributed by atoms with E-state index < -0.39 is 5.91 Å². The van der Waals surface area contributed by atoms with Crippen LogP contribution in [-0.4, -0.2) is 5.91 Å². The van der Waals surface area contributed by atoms with Crippen molar-refractivity contribution in [3.8, 4) is 11.8 Å². The van der Waals surface area contributed by atoms with E-state index in [1.807, 2.05) is 48.5 Å². The molecule has 0 aliphatic carbocycles. The Balaban J connectivity index is 1.66. The zero-order chi connectivity index (χ0) is 22.2. The molecule has 0 atom stereocenters. The van der Waals surface area contributed by atoms with Gasteiger partial charge in [-0.1, -0.05) is 65.7 Å². The number of hydrogen-bond acceptors (Lipinski definition) is 3. The SMILES string of the molecule is N#C/C(=C/c1ccc(OCc2ccc(Cl)cc2Cl)c(I)c1)C(=O)NCc1ccccc1. The average Bonchev–Trinajstić information content (AvgIpc) is 2.77. The number of benzene rings is 3. The molecule has 1 amide bonds. The number of carbonyl (C=O) groups is 1. The summed E-state index contributed by atoms with van der Waals surface area (Å²) >= 11 is 14.3. The van der Waals surface area contributed by atoms with Crippen molar-refractivity contribution in [2.24, 2.45) is 0 Å². The summed E-state index contributed by atoms with van der Waals surface area (Å²) in [4.78, 5) is 12.4. The number of hydrogen-bond donors (Lipinski definition) is 1. The summed E-state index contributed by atoms with van der Waals surface area (Å²) in [5.41, 5.74) is 2.55. The lowest BCUT2D eigenvalue weighted by molar-refractivity contribution is -0.117. The molecule has 4 nitrogen and oxygen atoms in total. The van der Waals surface area contributed by atoms with E-state index in [-0.39, 0.29) is 5.57 Å². The maximum atomic E-state index is 12.4. The molecule has 0 aliphatic heterocycles. The summed E-state index contributed by atoms with van der Waals surface area (Å²) < 4.78 is 6.71. The first kappa shape index (κ1) is 23.1. The van der Waals surface area contributed by atoms with Crippen LogP contribution >= 0.6 is 45.8 Å². The van der Waals surface area contributed by atoms with Crippen molar-refractivity contribution in [1.29, 1.82) is 5.26 Å². The van der Waals surface area contributed by atoms with Crippen LogP contribution in [0.2, 0.25) is 10.0 Å². The topological polar surface area (TPSA) is 62.1 Å². The van der Waals surface area contributed by atoms with Crippen LogP contribution in [0, 0.1) is 14.9 Å². The van der Waals surface area contributed by atoms with Crippen LogP contribution in [0.5, 0.6) is 5.75 Å². The Kier molecular flexibility index (Phi) is 8.35. The van der Waals surface area contributed by atoms with E-state index in [1.54, 1.807) is 30.3 Å². The molecule has 3 aromatic rings. The first-order valence-corrected chi connectivity index (χ1v) is 11.1. The van der Waals surface area contributed by atoms with Crippen LogP contribution in [0.4, 0.5) is 0 Å². The predicted octanol–water partition coefficient (Wildman–Crippen LogP) is 6.40. The van der Waals surface area contributed by atoms with E-state index in [0.717, 1.165) is 20.3 Å². The van der Waals surface area contributed by atoms with Crippen LogP contribution < -0.4 is 10.1 Å². The second-order valence-corrected chi connectivity index (χ2v) is 8.56. The summed E-state index contributed by atoms with van der Waals surface area (Å²) in [6, 6.07) is 22.2. The highest BCUT2D eigenvalue weighted by Crippen LogP contribution is 2.26. The second-order valence-electron chi connectivity index (χ2n) is 6.55. The Bertz CT molecular complexity index is 1160. The van der Waals surface area contributed by atoms with Crippen LogP contribution in [0.25, 0.3) is 6.08 Å². The largest absolute Gasteiger partial charge is 0.488 e. The molecule has 0 saturated carbocycles. The molecule has 0 bridgehead atoms. The van der Waals surface area contributed by atoms with Gasteiger partial charge in [-0.05, 0) is 64.1 Å². The van der Waals surface area contributed by atoms with Gasteiger partial charge in [0.1, 0.15) is 24.0 Å². The minimum absolute atomic E-state index is 0.0355. The van der Waals surface area contributed by atoms with E-state index in [0.29, 0.717) is 28.9 Å². The number of amides is 1. The Morgan fingerprint density at radius 2 is 1.87 bits per heavy atom. The van der Waals surface area contributed by atoms with Crippen LogP contribution in [0.3, 0.4) is 0 Å². The lowest BCUT2D eigenvalue weighted by Crippen LogP contribution is -2.23. The smallest absolute Gasteiger partial charge is 0.262 e. The molecule has 3 aromatic carbocycles. The van der Waals surface area contributed by atoms with Gasteiger partial charge < -0.3 is 10.1 Å². The zero-order valence-electron chi connectivity index (χ0n) is 16.2. The molecule has 0 radical (unpaired) electrons. The number of halogens is 3. The Morgan fingerprint density at radius 3 is 2.55 bits per heavy atom. The molecule has 0 unspecified atom stereocenters. The van der Waals surface area contributed by atoms with Crippen molar-refractivity contribution in [3.63, 3.8) is 0 Å². The molecule has 0 fully saturated rings. The third-order valence-corrected chi connectivity index (χ3v) is 5.76. The standard InChI is InChI=1S/C24H17Cl2IN2O2/c25-20-8-7-18(21(26)12-20)15-31-23-9-6-17(11-22(23)27)10-19(13-28)24(30)29-14-16-4-2-1-3-5-16/h1-12H,14-15H2,(H,29,30)/b19-10-. The molecular formula is C24H17Cl2IN2O2. The van der Waals surface area contributed by atoms with Gasteiger partial charge in [0, 0.05) is 22.2 Å². The van der Waals surface area contributed by atoms with Gasteiger partial charge in [0.05, 0.1) is 3.57 Å². The normalized spacial score (nSPS) is 11.0. The summed E-state index contributed by atoms with van der Waals surface area (Å²) in [5.74, 6) is 0.259. The van der Waals surface area contributed by atoms with E-state index in [4.69, 9.17) is 27.9 Å². The number of carbonyl (C=O) groups excluding carboxylic acids is 1. The molecule has 0 saturated heterocycles. The van der Waals surface area contributed by atoms with Gasteiger partial charge >= 0.3 is 0 Å². The van der Waals surface area contributed by atoms with Crippen LogP contribution in [0.15, 0.2) is 72.3 Å². The van der Waals surface area contributed by atoms with Gasteiger partial charge in [-0.2, -0.15) is 5.26 Å². The summed E-state index contributed by atoms with van der Waals surface area (Å²) in [6.07, 6.45) is 1.56. The summed E-state index contributed by atoms with van der Waals surface area (Å²) in [6.45, 7) is 0.656. The van der Waals surface area contributed by atoms with Gasteiger partial charge in [-0.3, -0.25) is 4.79 Å². The van der Waals surface area contributed by atoms with Crippen molar-refractivity contribution in [2.45, 2.75) is 13.2 Å². The van der Waals surface area contributed by atoms with Gasteiger partial charge in [0.2, 0.25) is 0 Å². The quantitative estimate of drug-likeness (QED) is 0.206. The third-order valence-electron chi connectivity index (χ3n) is 4.33. The lowest BCUT2D eigenvalue weighted by Gasteiger charge is -2.10. The minimum atomic E-state index is -0.418. The first-order valence-electron chi connectivity index (χ1n) is 9.26. The zero-order valence-corrected chi connectivity index (χ0v) is 19.9. The fraction of sp³-hybridized carbons (Fsp3) is 0.0833. The van der Waals surface area contributed by atoms with Gasteiger partial charge in [0.15, 0.2) is 0 Å². The fourth-order valence-electron chi connectivity index (χ4n) is 2.71. The monoisotopic (exact) mass is 562 g/mol. The van der Waals surface area contributed by atoms with E-state index >= 15 is 0 Å². The van der Waals surface area contributed by atoms with Crippen molar-refractivity contribution >= 4 is 57.8 Å². The van der Waals surface area contributed by atoms with Crippen LogP contribution in [0.1, 0.15) is 16.7 Å². The predicted molar refractivity (Wildman–Crippen MR) is 132 cm³/mol. The molecule has 0 aliphatic rings. The molecule has 7 heteroatoms. The molecule has 0 aromatic heterocycles. The Hall–Kier alpha value is -2.53. The maximum absolute atomic E-state index is 12.4. The lowest BCUT2D eigenvalue weighted by atomic mass is 10.1. The van der Waals surface area contributed by atoms with Gasteiger partial charge in [0.25, 0.3) is 5.91 Å². The average molecular weight is 563 g/mol. The Labute approximate surface area is 204 Å². The van der Waals surface area contributed by atoms with Crippen molar-refractivity contribution in [3.05, 3.63) is 103 Å². The maximum Gasteiger partial charge on any atom is 0.262 e. The summed E-state index contributed by atoms with van der Waals surface area (Å²) in [5, 5.41) is 13.3. The highest BCUT2D eigenvalue weighted by Gasteiger charge is 2.10. The molecular weight excluding hydrogens is 546 g/mol. The number of ether oxygens (including phenoxy) is 1. The first-order chi connectivity index (χ1) is 15.0. The van der Waals surface area contributed by atoms with Crippen molar-refractivity contribution in [2.75, 3.05) is 0 Å². The number of nitrogens with zero attached hydrogens (tertiary/aromatic N) is 1. The third kappa shape index (κ3) is 6.73. The van der Waals surface area contributed by atoms with E-state index in [2.05, 4.69) is 27.9 Å². The minimum Gasteiger partial charge on any atom is -0.488 e. The van der Waals surface area contributed by atoms with Gasteiger partial charge in [-0.25, -0.2) is 0 Å². The molecule has 156 valence electrons. The second kappa shape index (κ2) is 11.2. The highest BCUT2D eigenvalue weighted by atomic mass is 127. The van der Waals surface area contributed by atoms with Crippen molar-refractivity contribution < 1.29 is 9.53 Å². The molecule has 0 heterocycles. The number of rotatable bonds is 7. The van der Waals surface area contributed by atoms with Crippen molar-refractivity contribution in [1.82, 2.24) is 5.32 Å². The highest BCUT2D eigenvalue weighted by molar-refractivity contribution is 14.1. The molecule has 3 rings (SSSR count). The summed E-state index contributed by atoms with van der Waals surface area (Å²) in [7, 11) is 0. The fourth-order valence-corrected chi connectivity index (χ4v) is 3.86. The van der Waals surface area contributed by atoms with E-state index in [1.165, 1.54) is 0 Å². The number of nitrogens with one attached hydrogen (secondary N) is 1. The molecule has 31 heavy (non-hydrogen) atoms. The van der Waals surface area contributed by atoms with Gasteiger partial charge in [-0.15, -0.1) is 0 Å². The number of nitriles is 1. The molecule has 0 spiro atoms.